The Kier molecular flexibility index (Phi) is 7.66. The summed E-state index contributed by atoms with van der Waals surface area (Å²) < 4.78 is 5.96. The predicted octanol–water partition coefficient (Wildman–Crippen LogP) is 4.60. The maximum Gasteiger partial charge on any atom is 0.249 e. The monoisotopic (exact) mass is 455 g/mol. The van der Waals surface area contributed by atoms with Crippen LogP contribution in [-0.2, 0) is 17.8 Å². The van der Waals surface area contributed by atoms with Crippen molar-refractivity contribution in [3.8, 4) is 5.75 Å². The third kappa shape index (κ3) is 5.25. The lowest BCUT2D eigenvalue weighted by atomic mass is 10.0. The van der Waals surface area contributed by atoms with Crippen molar-refractivity contribution in [3.63, 3.8) is 0 Å². The van der Waals surface area contributed by atoms with Gasteiger partial charge in [0.1, 0.15) is 11.8 Å². The van der Waals surface area contributed by atoms with Gasteiger partial charge < -0.3 is 14.7 Å². The van der Waals surface area contributed by atoms with E-state index in [9.17, 15) is 4.79 Å². The van der Waals surface area contributed by atoms with Crippen LogP contribution < -0.4 is 10.1 Å². The number of aliphatic imine (C=N–C) groups is 1. The van der Waals surface area contributed by atoms with Crippen LogP contribution in [0.5, 0.6) is 5.75 Å². The van der Waals surface area contributed by atoms with Crippen molar-refractivity contribution in [2.24, 2.45) is 4.99 Å². The molecule has 2 N–H and O–H groups in total. The molecular formula is C25H30ClN3O3. The summed E-state index contributed by atoms with van der Waals surface area (Å²) in [6, 6.07) is 13.5. The van der Waals surface area contributed by atoms with Crippen LogP contribution in [0.2, 0.25) is 5.02 Å². The Balaban J connectivity index is 1.37. The molecule has 0 aliphatic carbocycles. The number of rotatable bonds is 11. The van der Waals surface area contributed by atoms with Crippen LogP contribution in [0.25, 0.3) is 0 Å². The van der Waals surface area contributed by atoms with Crippen LogP contribution in [0.1, 0.15) is 49.7 Å². The number of fused-ring (bicyclic) bond motifs is 2. The zero-order valence-electron chi connectivity index (χ0n) is 18.2. The molecule has 0 spiro atoms. The molecule has 2 aromatic carbocycles. The molecule has 6 nitrogen and oxygen atoms in total. The summed E-state index contributed by atoms with van der Waals surface area (Å²) in [4.78, 5) is 19.3. The molecule has 2 heterocycles. The molecule has 1 fully saturated rings. The van der Waals surface area contributed by atoms with Crippen molar-refractivity contribution >= 4 is 29.2 Å². The maximum atomic E-state index is 12.6. The fourth-order valence-corrected chi connectivity index (χ4v) is 4.49. The van der Waals surface area contributed by atoms with Gasteiger partial charge in [-0.15, -0.1) is 0 Å². The highest BCUT2D eigenvalue weighted by atomic mass is 35.5. The summed E-state index contributed by atoms with van der Waals surface area (Å²) in [6.45, 7) is 1.42. The molecule has 1 amide bonds. The van der Waals surface area contributed by atoms with Gasteiger partial charge in [0.15, 0.2) is 0 Å². The number of hydrogen-bond donors (Lipinski definition) is 2. The first-order chi connectivity index (χ1) is 15.7. The average Bonchev–Trinajstić information content (AvgIpc) is 3.10. The van der Waals surface area contributed by atoms with Crippen molar-refractivity contribution in [1.82, 2.24) is 10.2 Å². The maximum absolute atomic E-state index is 12.6. The van der Waals surface area contributed by atoms with Gasteiger partial charge in [-0.3, -0.25) is 10.1 Å². The van der Waals surface area contributed by atoms with Gasteiger partial charge >= 0.3 is 0 Å². The summed E-state index contributed by atoms with van der Waals surface area (Å²) >= 11 is 6.71. The molecule has 1 saturated heterocycles. The van der Waals surface area contributed by atoms with Gasteiger partial charge in [0.25, 0.3) is 0 Å². The number of hydrogen-bond acceptors (Lipinski definition) is 5. The molecular weight excluding hydrogens is 426 g/mol. The van der Waals surface area contributed by atoms with E-state index in [1.54, 1.807) is 0 Å². The molecule has 7 heteroatoms. The summed E-state index contributed by atoms with van der Waals surface area (Å²) in [7, 11) is 0. The second-order valence-corrected chi connectivity index (χ2v) is 8.70. The minimum atomic E-state index is -0.309. The van der Waals surface area contributed by atoms with Crippen LogP contribution in [-0.4, -0.2) is 41.1 Å². The first kappa shape index (κ1) is 22.6. The quantitative estimate of drug-likeness (QED) is 0.486. The highest BCUT2D eigenvalue weighted by Crippen LogP contribution is 2.39. The van der Waals surface area contributed by atoms with Gasteiger partial charge in [0.2, 0.25) is 11.9 Å². The molecule has 0 aromatic heterocycles. The van der Waals surface area contributed by atoms with E-state index in [4.69, 9.17) is 21.4 Å². The zero-order chi connectivity index (χ0) is 22.3. The molecule has 0 radical (unpaired) electrons. The Bertz CT molecular complexity index is 964. The highest BCUT2D eigenvalue weighted by Gasteiger charge is 2.39. The number of nitrogens with one attached hydrogen (secondary N) is 1. The molecule has 170 valence electrons. The number of carbonyl (C=O) groups is 1. The number of nitrogens with zero attached hydrogens (tertiary/aromatic N) is 2. The molecule has 0 saturated carbocycles. The van der Waals surface area contributed by atoms with Gasteiger partial charge in [-0.05, 0) is 30.5 Å². The number of aliphatic hydroxyl groups is 1. The molecule has 32 heavy (non-hydrogen) atoms. The molecule has 1 atom stereocenters. The number of unbranched alkanes of at least 4 members (excludes halogenated alkanes) is 5. The number of amides is 1. The van der Waals surface area contributed by atoms with Crippen molar-refractivity contribution < 1.29 is 14.6 Å². The minimum Gasteiger partial charge on any atom is -0.492 e. The summed E-state index contributed by atoms with van der Waals surface area (Å²) in [5, 5.41) is 12.3. The third-order valence-electron chi connectivity index (χ3n) is 6.01. The number of ether oxygens (including phenoxy) is 1. The lowest BCUT2D eigenvalue weighted by Crippen LogP contribution is -2.38. The second kappa shape index (κ2) is 10.8. The summed E-state index contributed by atoms with van der Waals surface area (Å²) in [5.41, 5.74) is 2.78. The van der Waals surface area contributed by atoms with Crippen LogP contribution in [0.3, 0.4) is 0 Å². The second-order valence-electron chi connectivity index (χ2n) is 8.33. The Labute approximate surface area is 194 Å². The largest absolute Gasteiger partial charge is 0.492 e. The molecule has 2 aromatic rings. The SMILES string of the molecule is O=C1NC2=Nc3ccc(OCCCCCCCCO)c(Cl)c3CN2C1Cc1ccccc1. The van der Waals surface area contributed by atoms with Gasteiger partial charge in [-0.2, -0.15) is 0 Å². The molecule has 4 rings (SSSR count). The summed E-state index contributed by atoms with van der Waals surface area (Å²) in [5.74, 6) is 1.23. The lowest BCUT2D eigenvalue weighted by molar-refractivity contribution is -0.121. The van der Waals surface area contributed by atoms with E-state index in [-0.39, 0.29) is 18.6 Å². The van der Waals surface area contributed by atoms with E-state index in [1.807, 2.05) is 47.4 Å². The molecule has 0 bridgehead atoms. The van der Waals surface area contributed by atoms with E-state index >= 15 is 0 Å². The minimum absolute atomic E-state index is 0.0352. The molecule has 2 aliphatic heterocycles. The summed E-state index contributed by atoms with van der Waals surface area (Å²) in [6.07, 6.45) is 6.95. The van der Waals surface area contributed by atoms with Crippen molar-refractivity contribution in [2.75, 3.05) is 13.2 Å². The Hall–Kier alpha value is -2.57. The van der Waals surface area contributed by atoms with Gasteiger partial charge in [-0.25, -0.2) is 4.99 Å². The fourth-order valence-electron chi connectivity index (χ4n) is 4.22. The van der Waals surface area contributed by atoms with Gasteiger partial charge in [-0.1, -0.05) is 67.6 Å². The van der Waals surface area contributed by atoms with E-state index in [0.717, 1.165) is 55.3 Å². The topological polar surface area (TPSA) is 74.2 Å². The van der Waals surface area contributed by atoms with E-state index in [1.165, 1.54) is 0 Å². The van der Waals surface area contributed by atoms with Crippen LogP contribution >= 0.6 is 11.6 Å². The Morgan fingerprint density at radius 1 is 1.06 bits per heavy atom. The standard InChI is InChI=1S/C25H30ClN3O3/c26-23-19-17-29-21(16-18-10-6-5-7-11-18)24(31)28-25(29)27-20(19)12-13-22(23)32-15-9-4-2-1-3-8-14-30/h5-7,10-13,21,30H,1-4,8-9,14-17H2,(H,27,28,31). The Morgan fingerprint density at radius 3 is 2.59 bits per heavy atom. The fraction of sp³-hybridized carbons (Fsp3) is 0.440. The van der Waals surface area contributed by atoms with Gasteiger partial charge in [0, 0.05) is 18.6 Å². The third-order valence-corrected chi connectivity index (χ3v) is 6.42. The number of halogens is 1. The number of benzene rings is 2. The van der Waals surface area contributed by atoms with Crippen LogP contribution in [0, 0.1) is 0 Å². The van der Waals surface area contributed by atoms with Gasteiger partial charge in [0.05, 0.1) is 23.9 Å². The van der Waals surface area contributed by atoms with Crippen LogP contribution in [0.15, 0.2) is 47.5 Å². The average molecular weight is 456 g/mol. The molecule has 2 aliphatic rings. The smallest absolute Gasteiger partial charge is 0.249 e. The Morgan fingerprint density at radius 2 is 1.81 bits per heavy atom. The first-order valence-electron chi connectivity index (χ1n) is 11.4. The normalized spacial score (nSPS) is 16.9. The first-order valence-corrected chi connectivity index (χ1v) is 11.8. The van der Waals surface area contributed by atoms with E-state index in [0.29, 0.717) is 36.3 Å². The van der Waals surface area contributed by atoms with Crippen molar-refractivity contribution in [3.05, 3.63) is 58.6 Å². The van der Waals surface area contributed by atoms with Crippen LogP contribution in [0.4, 0.5) is 5.69 Å². The highest BCUT2D eigenvalue weighted by molar-refractivity contribution is 6.33. The van der Waals surface area contributed by atoms with Crippen molar-refractivity contribution in [1.29, 1.82) is 0 Å². The zero-order valence-corrected chi connectivity index (χ0v) is 19.0. The predicted molar refractivity (Wildman–Crippen MR) is 126 cm³/mol. The number of guanidine groups is 1. The van der Waals surface area contributed by atoms with E-state index < -0.39 is 0 Å². The molecule has 1 unspecified atom stereocenters. The van der Waals surface area contributed by atoms with E-state index in [2.05, 4.69) is 10.3 Å². The number of aliphatic hydroxyl groups excluding tert-OH is 1. The lowest BCUT2D eigenvalue weighted by Gasteiger charge is -2.29. The van der Waals surface area contributed by atoms with Crippen molar-refractivity contribution in [2.45, 2.75) is 57.5 Å². The number of carbonyl (C=O) groups excluding carboxylic acids is 1.